The molecule has 0 aliphatic carbocycles. The molecular weight excluding hydrogens is 789 g/mol. The number of carbonyl (C=O) groups excluding carboxylic acids is 3. The van der Waals surface area contributed by atoms with Gasteiger partial charge in [0.2, 0.25) is 0 Å². The Balaban J connectivity index is 1.72. The van der Waals surface area contributed by atoms with E-state index in [4.69, 9.17) is 23.7 Å². The molecule has 0 fully saturated rings. The van der Waals surface area contributed by atoms with Gasteiger partial charge < -0.3 is 54.5 Å². The van der Waals surface area contributed by atoms with Gasteiger partial charge in [-0.3, -0.25) is 19.4 Å². The van der Waals surface area contributed by atoms with E-state index in [2.05, 4.69) is 10.3 Å². The summed E-state index contributed by atoms with van der Waals surface area (Å²) in [5, 5.41) is 60.5. The largest absolute Gasteiger partial charge is 0.507 e. The first-order valence-corrected chi connectivity index (χ1v) is 20.1. The molecule has 15 heteroatoms. The maximum Gasteiger partial charge on any atom is 0.312 e. The lowest BCUT2D eigenvalue weighted by Gasteiger charge is -2.38. The lowest BCUT2D eigenvalue weighted by molar-refractivity contribution is -0.160. The number of aliphatic hydroxyl groups excluding tert-OH is 2. The first-order chi connectivity index (χ1) is 28.8. The molecule has 0 spiro atoms. The van der Waals surface area contributed by atoms with Crippen LogP contribution in [-0.4, -0.2) is 93.3 Å². The van der Waals surface area contributed by atoms with Crippen LogP contribution in [-0.2, 0) is 23.8 Å². The number of esters is 1. The number of fused-ring (bicyclic) bond motifs is 14. The molecule has 3 aromatic rings. The van der Waals surface area contributed by atoms with Crippen LogP contribution in [0.4, 0.5) is 11.4 Å². The number of allylic oxidation sites excluding steroid dienone is 2. The number of rotatable bonds is 6. The minimum absolute atomic E-state index is 0.0346. The maximum atomic E-state index is 14.5. The number of hydrogen-bond donors (Lipinski definition) is 6. The van der Waals surface area contributed by atoms with Gasteiger partial charge in [0.15, 0.2) is 5.75 Å². The van der Waals surface area contributed by atoms with E-state index in [-0.39, 0.29) is 44.5 Å². The third kappa shape index (κ3) is 9.24. The second-order valence-electron chi connectivity index (χ2n) is 15.8. The zero-order valence-electron chi connectivity index (χ0n) is 36.0. The van der Waals surface area contributed by atoms with Gasteiger partial charge in [-0.05, 0) is 51.1 Å². The van der Waals surface area contributed by atoms with Gasteiger partial charge in [0.25, 0.3) is 11.7 Å². The number of nitrogens with one attached hydrogen (secondary N) is 1. The van der Waals surface area contributed by atoms with Crippen LogP contribution < -0.4 is 14.8 Å². The number of carbonyl (C=O) groups is 3. The van der Waals surface area contributed by atoms with Crippen LogP contribution in [0.3, 0.4) is 0 Å². The fourth-order valence-electron chi connectivity index (χ4n) is 7.81. The van der Waals surface area contributed by atoms with E-state index in [0.717, 1.165) is 0 Å². The number of nitrogens with zero attached hydrogens (tertiary/aromatic N) is 1. The van der Waals surface area contributed by atoms with Crippen LogP contribution in [0, 0.1) is 30.6 Å². The zero-order valence-corrected chi connectivity index (χ0v) is 36.0. The number of phenolic OH excluding ortho intramolecular Hbond substituents is 3. The van der Waals surface area contributed by atoms with Crippen LogP contribution in [0.25, 0.3) is 10.8 Å². The van der Waals surface area contributed by atoms with E-state index < -0.39 is 88.8 Å². The minimum Gasteiger partial charge on any atom is -0.507 e. The number of phenols is 3. The Morgan fingerprint density at radius 3 is 2.23 bits per heavy atom. The number of ketones is 1. The third-order valence-corrected chi connectivity index (χ3v) is 11.5. The molecule has 0 aromatic heterocycles. The van der Waals surface area contributed by atoms with Crippen molar-refractivity contribution >= 4 is 46.0 Å². The Kier molecular flexibility index (Phi) is 14.2. The predicted octanol–water partition coefficient (Wildman–Crippen LogP) is 6.90. The van der Waals surface area contributed by atoms with Crippen LogP contribution in [0.1, 0.15) is 76.9 Å². The molecule has 0 radical (unpaired) electrons. The number of amides is 1. The monoisotopic (exact) mass is 844 g/mol. The molecular formula is C46H56N2O13. The van der Waals surface area contributed by atoms with E-state index in [1.54, 1.807) is 64.1 Å². The Labute approximate surface area is 355 Å². The van der Waals surface area contributed by atoms with Gasteiger partial charge in [-0.2, -0.15) is 0 Å². The second-order valence-corrected chi connectivity index (χ2v) is 15.8. The average molecular weight is 845 g/mol. The number of anilines is 1. The molecule has 1 amide bonds. The standard InChI is InChI=1S/C46H56N2O13/c1-11-58-30-17-15-29(16-18-30)47-21-31-36-41(54)34-33(40(31)53)35-43(27(7)39(34)52)61-46(9,44(35)55)59-20-19-32(57-10)24(4)42(60-28(8)49)26(6)38(51)25(5)37(50)22(2)13-12-14-23(3)45(56)48-36/h12-22,24-26,32,37-38,42,50-54H,11H2,1-10H3,(H,48,56)/b13-12+,20-19+,23-14+,47-21?/t22-,24+,25+,26+,32-,37-,38+,42+,46-/m0/s1. The summed E-state index contributed by atoms with van der Waals surface area (Å²) < 4.78 is 29.1. The van der Waals surface area contributed by atoms with E-state index in [1.165, 1.54) is 59.4 Å². The smallest absolute Gasteiger partial charge is 0.312 e. The van der Waals surface area contributed by atoms with Gasteiger partial charge in [-0.15, -0.1) is 0 Å². The molecule has 6 rings (SSSR count). The van der Waals surface area contributed by atoms with Crippen molar-refractivity contribution in [3.05, 3.63) is 77.1 Å². The summed E-state index contributed by atoms with van der Waals surface area (Å²) in [5.41, 5.74) is -0.125. The Morgan fingerprint density at radius 2 is 1.61 bits per heavy atom. The Hall–Kier alpha value is -5.90. The van der Waals surface area contributed by atoms with Crippen molar-refractivity contribution in [2.24, 2.45) is 28.7 Å². The van der Waals surface area contributed by atoms with Crippen LogP contribution >= 0.6 is 0 Å². The maximum absolute atomic E-state index is 14.5. The molecule has 3 aromatic carbocycles. The van der Waals surface area contributed by atoms with Crippen LogP contribution in [0.15, 0.2) is 65.4 Å². The van der Waals surface area contributed by atoms with E-state index >= 15 is 0 Å². The highest BCUT2D eigenvalue weighted by atomic mass is 16.7. The number of aliphatic hydroxyl groups is 2. The highest BCUT2D eigenvalue weighted by Crippen LogP contribution is 2.55. The number of Topliss-reactive ketones (excluding diaryl/α,β-unsaturated/α-hetero) is 1. The van der Waals surface area contributed by atoms with Gasteiger partial charge in [-0.1, -0.05) is 45.9 Å². The van der Waals surface area contributed by atoms with Gasteiger partial charge in [0, 0.05) is 67.4 Å². The number of aromatic hydroxyl groups is 3. The molecule has 328 valence electrons. The van der Waals surface area contributed by atoms with Gasteiger partial charge in [0.1, 0.15) is 29.1 Å². The number of benzene rings is 3. The molecule has 3 heterocycles. The summed E-state index contributed by atoms with van der Waals surface area (Å²) in [6.45, 7) is 14.7. The molecule has 0 unspecified atom stereocenters. The van der Waals surface area contributed by atoms with Crippen LogP contribution in [0.2, 0.25) is 0 Å². The Morgan fingerprint density at radius 1 is 0.934 bits per heavy atom. The molecule has 3 aliphatic heterocycles. The fraction of sp³-hybridized carbons (Fsp3) is 0.435. The van der Waals surface area contributed by atoms with Crippen LogP contribution in [0.5, 0.6) is 28.7 Å². The molecule has 9 atom stereocenters. The summed E-state index contributed by atoms with van der Waals surface area (Å²) in [5.74, 6) is -8.02. The zero-order chi connectivity index (χ0) is 45.1. The highest BCUT2D eigenvalue weighted by Gasteiger charge is 2.50. The molecule has 5 bridgehead atoms. The molecule has 6 N–H and O–H groups in total. The van der Waals surface area contributed by atoms with Crippen molar-refractivity contribution in [1.82, 2.24) is 0 Å². The summed E-state index contributed by atoms with van der Waals surface area (Å²) in [7, 11) is 1.43. The first-order valence-electron chi connectivity index (χ1n) is 20.1. The van der Waals surface area contributed by atoms with E-state index in [0.29, 0.717) is 18.0 Å². The van der Waals surface area contributed by atoms with Crippen molar-refractivity contribution < 1.29 is 63.6 Å². The molecule has 0 saturated carbocycles. The quantitative estimate of drug-likeness (QED) is 0.0644. The summed E-state index contributed by atoms with van der Waals surface area (Å²) in [4.78, 5) is 45.1. The number of hydrogen-bond acceptors (Lipinski definition) is 14. The number of aliphatic imine (C=N–C) groups is 1. The molecule has 0 saturated heterocycles. The number of methoxy groups -OCH3 is 1. The highest BCUT2D eigenvalue weighted by molar-refractivity contribution is 6.24. The summed E-state index contributed by atoms with van der Waals surface area (Å²) >= 11 is 0. The first kappa shape index (κ1) is 46.2. The predicted molar refractivity (Wildman–Crippen MR) is 229 cm³/mol. The molecule has 3 aliphatic rings. The molecule has 61 heavy (non-hydrogen) atoms. The van der Waals surface area contributed by atoms with E-state index in [9.17, 15) is 39.9 Å². The fourth-order valence-corrected chi connectivity index (χ4v) is 7.81. The van der Waals surface area contributed by atoms with Gasteiger partial charge in [-0.25, -0.2) is 0 Å². The minimum atomic E-state index is -2.07. The lowest BCUT2D eigenvalue weighted by Crippen LogP contribution is -2.46. The SMILES string of the molecule is CCOc1ccc(N=Cc2c3c(O)c4c(O)c(C)c5c(c4c2O)C(=O)[C@@](C)(O/C=C/[C@H](OC)[C@@H](C)[C@@H](OC(C)=O)[C@H](C)[C@H](O)[C@H](C)[C@@H](O)[C@@H](C)/C=C/C=C(\C)C(=O)N3)O5)cc1. The third-order valence-electron chi connectivity index (χ3n) is 11.5. The topological polar surface area (TPSA) is 223 Å². The van der Waals surface area contributed by atoms with Crippen molar-refractivity contribution in [1.29, 1.82) is 0 Å². The van der Waals surface area contributed by atoms with Crippen molar-refractivity contribution in [3.8, 4) is 28.7 Å². The average Bonchev–Trinajstić information content (AvgIpc) is 3.49. The lowest BCUT2D eigenvalue weighted by atomic mass is 9.78. The Bertz CT molecular complexity index is 2280. The summed E-state index contributed by atoms with van der Waals surface area (Å²) in [6, 6.07) is 6.71. The van der Waals surface area contributed by atoms with Crippen molar-refractivity contribution in [3.63, 3.8) is 0 Å². The van der Waals surface area contributed by atoms with Crippen molar-refractivity contribution in [2.75, 3.05) is 19.0 Å². The van der Waals surface area contributed by atoms with E-state index in [1.807, 2.05) is 6.92 Å². The summed E-state index contributed by atoms with van der Waals surface area (Å²) in [6.07, 6.45) is 4.66. The number of ether oxygens (including phenoxy) is 5. The van der Waals surface area contributed by atoms with Gasteiger partial charge >= 0.3 is 11.8 Å². The second kappa shape index (κ2) is 18.8. The normalized spacial score (nSPS) is 29.4. The van der Waals surface area contributed by atoms with Gasteiger partial charge in [0.05, 0.1) is 59.1 Å². The van der Waals surface area contributed by atoms with Crippen molar-refractivity contribution in [2.45, 2.75) is 92.5 Å². The molecule has 15 nitrogen and oxygen atoms in total.